The van der Waals surface area contributed by atoms with Crippen LogP contribution in [0.25, 0.3) is 0 Å². The summed E-state index contributed by atoms with van der Waals surface area (Å²) in [6, 6.07) is 0. The molecule has 0 saturated heterocycles. The first-order valence-electron chi connectivity index (χ1n) is 19.5. The third-order valence-corrected chi connectivity index (χ3v) is 9.37. The summed E-state index contributed by atoms with van der Waals surface area (Å²) in [6.45, 7) is 3.81. The van der Waals surface area contributed by atoms with E-state index in [2.05, 4.69) is 42.7 Å². The first kappa shape index (κ1) is 46.5. The second-order valence-corrected chi connectivity index (χ2v) is 14.6. The number of rotatable bonds is 36. The van der Waals surface area contributed by atoms with Gasteiger partial charge in [-0.3, -0.25) is 18.6 Å². The van der Waals surface area contributed by atoms with Crippen molar-refractivity contribution in [2.24, 2.45) is 0 Å². The van der Waals surface area contributed by atoms with Gasteiger partial charge in [0.2, 0.25) is 0 Å². The molecule has 9 heteroatoms. The van der Waals surface area contributed by atoms with Crippen molar-refractivity contribution in [3.8, 4) is 0 Å². The van der Waals surface area contributed by atoms with Gasteiger partial charge in [0.25, 0.3) is 0 Å². The second-order valence-electron chi connectivity index (χ2n) is 13.1. The largest absolute Gasteiger partial charge is 0.472 e. The molecule has 0 radical (unpaired) electrons. The number of phosphoric ester groups is 1. The van der Waals surface area contributed by atoms with Crippen LogP contribution in [-0.4, -0.2) is 43.3 Å². The summed E-state index contributed by atoms with van der Waals surface area (Å²) in [5, 5.41) is 0. The van der Waals surface area contributed by atoms with E-state index in [1.807, 2.05) is 0 Å². The molecule has 0 aromatic rings. The van der Waals surface area contributed by atoms with Crippen LogP contribution in [0.5, 0.6) is 0 Å². The minimum Gasteiger partial charge on any atom is -0.462 e. The van der Waals surface area contributed by atoms with E-state index in [-0.39, 0.29) is 19.0 Å². The molecule has 0 saturated carbocycles. The molecule has 0 bridgehead atoms. The standard InChI is InChI=1S/C39H73O8P/c1-4-6-8-10-12-14-16-18-19-20-22-23-25-27-29-31-33-38(40)45-35-37(36-46-48(42,43)44-3)47-39(41)34-32-30-28-26-24-21-17-15-13-11-9-7-5-2/h9,11,15,17,37H,4-8,10,12-14,16,18-36H2,1-3H3,(H,42,43)/b11-9-,17-15-. The SMILES string of the molecule is CCC/C=C\C/C=C\CCCCCCCC(=O)OC(COC(=O)CCCCCCCCCCCCCCCCCC)COP(=O)(O)OC. The fraction of sp³-hybridized carbons (Fsp3) is 0.846. The fourth-order valence-corrected chi connectivity index (χ4v) is 5.86. The number of carbonyl (C=O) groups excluding carboxylic acids is 2. The van der Waals surface area contributed by atoms with E-state index in [4.69, 9.17) is 14.0 Å². The number of unbranched alkanes of at least 4 members (excludes halogenated alkanes) is 21. The van der Waals surface area contributed by atoms with Crippen molar-refractivity contribution in [1.29, 1.82) is 0 Å². The summed E-state index contributed by atoms with van der Waals surface area (Å²) in [5.41, 5.74) is 0. The number of esters is 2. The van der Waals surface area contributed by atoms with Crippen LogP contribution in [0.3, 0.4) is 0 Å². The number of hydrogen-bond acceptors (Lipinski definition) is 7. The number of hydrogen-bond donors (Lipinski definition) is 1. The van der Waals surface area contributed by atoms with Crippen LogP contribution in [0.4, 0.5) is 0 Å². The van der Waals surface area contributed by atoms with E-state index < -0.39 is 26.5 Å². The molecule has 0 aliphatic heterocycles. The Kier molecular flexibility index (Phi) is 34.3. The van der Waals surface area contributed by atoms with Crippen molar-refractivity contribution in [2.45, 2.75) is 193 Å². The van der Waals surface area contributed by atoms with Gasteiger partial charge in [0, 0.05) is 20.0 Å². The van der Waals surface area contributed by atoms with Crippen LogP contribution in [0, 0.1) is 0 Å². The summed E-state index contributed by atoms with van der Waals surface area (Å²) in [6.07, 6.45) is 38.0. The minimum absolute atomic E-state index is 0.227. The smallest absolute Gasteiger partial charge is 0.462 e. The van der Waals surface area contributed by atoms with Crippen molar-refractivity contribution in [3.05, 3.63) is 24.3 Å². The highest BCUT2D eigenvalue weighted by Crippen LogP contribution is 2.42. The molecule has 0 spiro atoms. The normalized spacial score (nSPS) is 13.7. The highest BCUT2D eigenvalue weighted by Gasteiger charge is 2.24. The van der Waals surface area contributed by atoms with Gasteiger partial charge in [0.15, 0.2) is 6.10 Å². The van der Waals surface area contributed by atoms with Crippen molar-refractivity contribution < 1.29 is 37.6 Å². The lowest BCUT2D eigenvalue weighted by atomic mass is 10.0. The summed E-state index contributed by atoms with van der Waals surface area (Å²) < 4.78 is 31.9. The molecule has 0 heterocycles. The van der Waals surface area contributed by atoms with Crippen LogP contribution >= 0.6 is 7.82 Å². The Bertz CT molecular complexity index is 844. The Morgan fingerprint density at radius 3 is 1.54 bits per heavy atom. The summed E-state index contributed by atoms with van der Waals surface area (Å²) in [7, 11) is -3.20. The topological polar surface area (TPSA) is 108 Å². The van der Waals surface area contributed by atoms with Crippen molar-refractivity contribution in [3.63, 3.8) is 0 Å². The zero-order chi connectivity index (χ0) is 35.4. The van der Waals surface area contributed by atoms with Crippen molar-refractivity contribution in [1.82, 2.24) is 0 Å². The van der Waals surface area contributed by atoms with E-state index in [1.165, 1.54) is 89.9 Å². The minimum atomic E-state index is -4.26. The van der Waals surface area contributed by atoms with E-state index in [9.17, 15) is 19.0 Å². The summed E-state index contributed by atoms with van der Waals surface area (Å²) in [4.78, 5) is 34.3. The van der Waals surface area contributed by atoms with Crippen LogP contribution in [0.15, 0.2) is 24.3 Å². The third kappa shape index (κ3) is 34.4. The fourth-order valence-electron chi connectivity index (χ4n) is 5.40. The van der Waals surface area contributed by atoms with Gasteiger partial charge in [0.05, 0.1) is 6.61 Å². The van der Waals surface area contributed by atoms with E-state index >= 15 is 0 Å². The van der Waals surface area contributed by atoms with Crippen LogP contribution in [-0.2, 0) is 32.7 Å². The van der Waals surface area contributed by atoms with Gasteiger partial charge in [-0.2, -0.15) is 0 Å². The maximum atomic E-state index is 12.4. The van der Waals surface area contributed by atoms with E-state index in [0.29, 0.717) is 12.8 Å². The summed E-state index contributed by atoms with van der Waals surface area (Å²) >= 11 is 0. The van der Waals surface area contributed by atoms with Gasteiger partial charge in [-0.05, 0) is 38.5 Å². The van der Waals surface area contributed by atoms with Crippen LogP contribution < -0.4 is 0 Å². The summed E-state index contributed by atoms with van der Waals surface area (Å²) in [5.74, 6) is -0.815. The van der Waals surface area contributed by atoms with E-state index in [0.717, 1.165) is 71.3 Å². The maximum absolute atomic E-state index is 12.4. The van der Waals surface area contributed by atoms with Gasteiger partial charge in [-0.25, -0.2) is 4.57 Å². The molecule has 0 fully saturated rings. The predicted molar refractivity (Wildman–Crippen MR) is 198 cm³/mol. The van der Waals surface area contributed by atoms with Gasteiger partial charge >= 0.3 is 19.8 Å². The van der Waals surface area contributed by atoms with Gasteiger partial charge in [0.1, 0.15) is 6.61 Å². The monoisotopic (exact) mass is 701 g/mol. The Morgan fingerprint density at radius 1 is 0.583 bits per heavy atom. The van der Waals surface area contributed by atoms with Crippen molar-refractivity contribution >= 4 is 19.8 Å². The molecule has 0 aliphatic carbocycles. The zero-order valence-electron chi connectivity index (χ0n) is 31.1. The molecule has 2 unspecified atom stereocenters. The predicted octanol–water partition coefficient (Wildman–Crippen LogP) is 11.9. The highest BCUT2D eigenvalue weighted by atomic mass is 31.2. The molecule has 282 valence electrons. The molecule has 2 atom stereocenters. The Hall–Kier alpha value is -1.47. The van der Waals surface area contributed by atoms with Crippen LogP contribution in [0.1, 0.15) is 187 Å². The molecule has 0 aromatic carbocycles. The number of carbonyl (C=O) groups is 2. The molecule has 8 nitrogen and oxygen atoms in total. The molecule has 48 heavy (non-hydrogen) atoms. The average molecular weight is 701 g/mol. The zero-order valence-corrected chi connectivity index (χ0v) is 32.0. The molecular formula is C39H73O8P. The average Bonchev–Trinajstić information content (AvgIpc) is 3.07. The van der Waals surface area contributed by atoms with Gasteiger partial charge in [-0.1, -0.05) is 160 Å². The lowest BCUT2D eigenvalue weighted by Gasteiger charge is -2.19. The van der Waals surface area contributed by atoms with Crippen molar-refractivity contribution in [2.75, 3.05) is 20.3 Å². The molecule has 0 aliphatic rings. The number of phosphoric acid groups is 1. The number of allylic oxidation sites excluding steroid dienone is 4. The van der Waals surface area contributed by atoms with Crippen LogP contribution in [0.2, 0.25) is 0 Å². The second kappa shape index (κ2) is 35.4. The Morgan fingerprint density at radius 2 is 1.04 bits per heavy atom. The number of ether oxygens (including phenoxy) is 2. The van der Waals surface area contributed by atoms with Gasteiger partial charge in [-0.15, -0.1) is 0 Å². The molecule has 0 amide bonds. The Labute approximate surface area is 294 Å². The lowest BCUT2D eigenvalue weighted by Crippen LogP contribution is -2.29. The molecule has 0 aromatic heterocycles. The highest BCUT2D eigenvalue weighted by molar-refractivity contribution is 7.47. The maximum Gasteiger partial charge on any atom is 0.472 e. The Balaban J connectivity index is 4.03. The quantitative estimate of drug-likeness (QED) is 0.0298. The van der Waals surface area contributed by atoms with E-state index in [1.54, 1.807) is 0 Å². The molecule has 1 N–H and O–H groups in total. The third-order valence-electron chi connectivity index (χ3n) is 8.43. The first-order chi connectivity index (χ1) is 23.3. The lowest BCUT2D eigenvalue weighted by molar-refractivity contribution is -0.161. The molecular weight excluding hydrogens is 627 g/mol. The molecule has 0 rings (SSSR count). The first-order valence-corrected chi connectivity index (χ1v) is 21.0. The van der Waals surface area contributed by atoms with Gasteiger partial charge < -0.3 is 14.4 Å².